The molecule has 14 N–H and O–H groups in total. The van der Waals surface area contributed by atoms with Gasteiger partial charge in [-0.2, -0.15) is 0 Å². The lowest BCUT2D eigenvalue weighted by molar-refractivity contribution is -0.144. The molecule has 7 amide bonds. The van der Waals surface area contributed by atoms with Gasteiger partial charge in [-0.3, -0.25) is 29.4 Å². The Kier molecular flexibility index (Phi) is 15.7. The number of hydrogen-bond acceptors (Lipinski definition) is 11. The highest BCUT2D eigenvalue weighted by Gasteiger charge is 2.56. The van der Waals surface area contributed by atoms with Crippen molar-refractivity contribution < 1.29 is 33.6 Å². The molecule has 3 fully saturated rings. The Hall–Kier alpha value is -6.90. The van der Waals surface area contributed by atoms with Crippen LogP contribution in [0.2, 0.25) is 0 Å². The Morgan fingerprint density at radius 1 is 0.897 bits per heavy atom. The third-order valence-corrected chi connectivity index (χ3v) is 13.7. The molecule has 68 heavy (non-hydrogen) atoms. The minimum absolute atomic E-state index is 0.0114. The molecule has 6 atom stereocenters. The number of primary amides is 1. The summed E-state index contributed by atoms with van der Waals surface area (Å²) in [5.41, 5.74) is 11.1. The van der Waals surface area contributed by atoms with Crippen LogP contribution in [0.4, 0.5) is 4.79 Å². The third kappa shape index (κ3) is 10.9. The first-order valence-corrected chi connectivity index (χ1v) is 23.3. The van der Waals surface area contributed by atoms with Gasteiger partial charge in [0.15, 0.2) is 5.96 Å². The van der Waals surface area contributed by atoms with Gasteiger partial charge in [0.25, 0.3) is 5.91 Å². The van der Waals surface area contributed by atoms with Gasteiger partial charge in [-0.1, -0.05) is 60.7 Å². The van der Waals surface area contributed by atoms with E-state index in [1.54, 1.807) is 13.2 Å². The first kappa shape index (κ1) is 49.0. The zero-order valence-electron chi connectivity index (χ0n) is 38.3. The molecule has 3 aliphatic heterocycles. The molecule has 3 aliphatic rings. The predicted octanol–water partition coefficient (Wildman–Crippen LogP) is 0.0412. The average molecular weight is 934 g/mol. The van der Waals surface area contributed by atoms with Crippen LogP contribution in [0.15, 0.2) is 72.9 Å². The quantitative estimate of drug-likeness (QED) is 0.0307. The number of nitrogens with two attached hydrogens (primary N) is 2. The second-order valence-electron chi connectivity index (χ2n) is 18.1. The average Bonchev–Trinajstić information content (AvgIpc) is 3.87. The van der Waals surface area contributed by atoms with Gasteiger partial charge in [0.2, 0.25) is 23.6 Å². The van der Waals surface area contributed by atoms with Crippen LogP contribution in [0.3, 0.4) is 0 Å². The molecular formula is C48H63N13O7. The number of urea groups is 1. The minimum Gasteiger partial charge on any atom is -0.370 e. The highest BCUT2D eigenvalue weighted by atomic mass is 16.2. The maximum atomic E-state index is 14.8. The molecule has 0 spiro atoms. The fourth-order valence-corrected chi connectivity index (χ4v) is 10.1. The summed E-state index contributed by atoms with van der Waals surface area (Å²) in [5, 5.41) is 35.0. The van der Waals surface area contributed by atoms with Gasteiger partial charge in [0.05, 0.1) is 6.04 Å². The smallest absolute Gasteiger partial charge is 0.325 e. The number of rotatable bonds is 16. The number of benzene rings is 3. The molecule has 0 bridgehead atoms. The highest BCUT2D eigenvalue weighted by Crippen LogP contribution is 2.33. The van der Waals surface area contributed by atoms with E-state index in [0.717, 1.165) is 37.7 Å². The molecule has 4 aromatic rings. The normalized spacial score (nSPS) is 24.1. The monoisotopic (exact) mass is 933 g/mol. The molecule has 1 aromatic heterocycles. The Labute approximate surface area is 394 Å². The molecule has 0 saturated carbocycles. The van der Waals surface area contributed by atoms with E-state index in [2.05, 4.69) is 47.5 Å². The SMILES string of the molecule is CN[C@@H]1C(=O)N[C@@H](Cc2c[nH]c3ccccc23)C(=O)N[C@H](C(N)=O)CCCCNC1(CCNC(=N)N)CC[C@@H]1NC(=O)N(C2(C(=O)N[C@@H](C=O)Cc3ccc4ccccc4c3)CCNCC2)C1=O. The lowest BCUT2D eigenvalue weighted by atomic mass is 9.79. The minimum atomic E-state index is -1.60. The van der Waals surface area contributed by atoms with Gasteiger partial charge in [-0.15, -0.1) is 0 Å². The second kappa shape index (κ2) is 21.8. The van der Waals surface area contributed by atoms with Crippen LogP contribution in [0.5, 0.6) is 0 Å². The van der Waals surface area contributed by atoms with E-state index in [1.807, 2.05) is 66.7 Å². The number of likely N-dealkylation sites (N-methyl/N-ethyl adjacent to an activating group) is 1. The van der Waals surface area contributed by atoms with Gasteiger partial charge in [-0.05, 0) is 112 Å². The Balaban J connectivity index is 1.15. The van der Waals surface area contributed by atoms with Crippen molar-refractivity contribution in [1.82, 2.24) is 52.4 Å². The number of hydrogen-bond donors (Lipinski definition) is 12. The molecule has 1 unspecified atom stereocenters. The summed E-state index contributed by atoms with van der Waals surface area (Å²) >= 11 is 0. The predicted molar refractivity (Wildman–Crippen MR) is 256 cm³/mol. The molecule has 0 radical (unpaired) electrons. The first-order valence-electron chi connectivity index (χ1n) is 23.3. The molecule has 0 aliphatic carbocycles. The van der Waals surface area contributed by atoms with Crippen molar-refractivity contribution in [3.63, 3.8) is 0 Å². The number of para-hydroxylation sites is 1. The molecule has 7 rings (SSSR count). The number of H-pyrrole nitrogens is 1. The number of amides is 7. The van der Waals surface area contributed by atoms with Crippen molar-refractivity contribution in [2.45, 2.75) is 105 Å². The lowest BCUT2D eigenvalue weighted by Crippen LogP contribution is -2.67. The standard InChI is InChI=1S/C48H63N13O7/c1-52-39-42(65)59-38(26-32-27-55-35-11-5-4-10-34(32)35)41(64)58-36(40(49)63)12-6-7-20-56-47(39,17-23-54-45(50)51)16-15-37-43(66)61(46(68)60-37)48(18-21-53-22-19-48)44(67)57-33(28-62)25-29-13-14-30-8-2-3-9-31(30)24-29/h2-5,8-11,13-14,24,27-28,33,36-39,52-53,55-56H,6-7,12,15-23,25-26H2,1H3,(H2,49,63)(H,57,67)(H,58,64)(H,59,65)(H,60,68)(H4,50,51,54)/t33-,36+,37+,38+,39-,47?/m1/s1. The van der Waals surface area contributed by atoms with Crippen molar-refractivity contribution in [2.24, 2.45) is 11.5 Å². The molecule has 20 nitrogen and oxygen atoms in total. The summed E-state index contributed by atoms with van der Waals surface area (Å²) in [5.74, 6) is -3.40. The van der Waals surface area contributed by atoms with Crippen LogP contribution in [0.25, 0.3) is 21.7 Å². The van der Waals surface area contributed by atoms with E-state index in [1.165, 1.54) is 0 Å². The van der Waals surface area contributed by atoms with E-state index in [4.69, 9.17) is 16.9 Å². The van der Waals surface area contributed by atoms with E-state index in [0.29, 0.717) is 38.8 Å². The number of aromatic nitrogens is 1. The number of fused-ring (bicyclic) bond motifs is 2. The number of aldehydes is 1. The third-order valence-electron chi connectivity index (χ3n) is 13.7. The maximum Gasteiger partial charge on any atom is 0.325 e. The van der Waals surface area contributed by atoms with Crippen molar-refractivity contribution in [3.05, 3.63) is 84.1 Å². The van der Waals surface area contributed by atoms with Crippen LogP contribution >= 0.6 is 0 Å². The molecule has 20 heteroatoms. The number of imide groups is 1. The number of carbonyl (C=O) groups excluding carboxylic acids is 7. The zero-order valence-corrected chi connectivity index (χ0v) is 38.3. The summed E-state index contributed by atoms with van der Waals surface area (Å²) in [4.78, 5) is 101. The van der Waals surface area contributed by atoms with Crippen LogP contribution in [-0.4, -0.2) is 132 Å². The van der Waals surface area contributed by atoms with Gasteiger partial charge in [-0.25, -0.2) is 9.69 Å². The van der Waals surface area contributed by atoms with Gasteiger partial charge in [0.1, 0.15) is 36.0 Å². The molecule has 362 valence electrons. The van der Waals surface area contributed by atoms with Gasteiger partial charge < -0.3 is 63.8 Å². The summed E-state index contributed by atoms with van der Waals surface area (Å²) in [6.45, 7) is 1.12. The Bertz CT molecular complexity index is 2520. The van der Waals surface area contributed by atoms with Crippen LogP contribution in [0.1, 0.15) is 62.5 Å². The zero-order chi connectivity index (χ0) is 48.4. The fourth-order valence-electron chi connectivity index (χ4n) is 10.1. The summed E-state index contributed by atoms with van der Waals surface area (Å²) < 4.78 is 0. The van der Waals surface area contributed by atoms with E-state index in [-0.39, 0.29) is 63.9 Å². The summed E-state index contributed by atoms with van der Waals surface area (Å²) in [6, 6.07) is 15.1. The fraction of sp³-hybridized carbons (Fsp3) is 0.458. The maximum absolute atomic E-state index is 14.8. The van der Waals surface area contributed by atoms with E-state index >= 15 is 0 Å². The number of piperidine rings is 1. The summed E-state index contributed by atoms with van der Waals surface area (Å²) in [6.07, 6.45) is 4.42. The molecule has 4 heterocycles. The molecule has 3 aromatic carbocycles. The number of nitrogens with zero attached hydrogens (tertiary/aromatic N) is 1. The number of guanidine groups is 1. The Morgan fingerprint density at radius 2 is 1.65 bits per heavy atom. The molecular weight excluding hydrogens is 871 g/mol. The van der Waals surface area contributed by atoms with E-state index in [9.17, 15) is 33.6 Å². The second-order valence-corrected chi connectivity index (χ2v) is 18.1. The topological polar surface area (TPSA) is 311 Å². The molecule has 3 saturated heterocycles. The van der Waals surface area contributed by atoms with E-state index < -0.39 is 76.9 Å². The van der Waals surface area contributed by atoms with Crippen molar-refractivity contribution >= 4 is 69.5 Å². The number of nitrogens with one attached hydrogen (secondary N) is 10. The Morgan fingerprint density at radius 3 is 2.38 bits per heavy atom. The lowest BCUT2D eigenvalue weighted by Gasteiger charge is -2.42. The number of aromatic amines is 1. The van der Waals surface area contributed by atoms with Crippen molar-refractivity contribution in [2.75, 3.05) is 33.2 Å². The van der Waals surface area contributed by atoms with Gasteiger partial charge in [0, 0.05) is 35.6 Å². The van der Waals surface area contributed by atoms with Crippen molar-refractivity contribution in [1.29, 1.82) is 5.41 Å². The van der Waals surface area contributed by atoms with Crippen LogP contribution in [0, 0.1) is 5.41 Å². The number of carbonyl (C=O) groups is 7. The van der Waals surface area contributed by atoms with Gasteiger partial charge >= 0.3 is 6.03 Å². The highest BCUT2D eigenvalue weighted by molar-refractivity contribution is 6.09. The first-order chi connectivity index (χ1) is 32.8. The van der Waals surface area contributed by atoms with Crippen molar-refractivity contribution in [3.8, 4) is 0 Å². The summed E-state index contributed by atoms with van der Waals surface area (Å²) in [7, 11) is 1.60. The van der Waals surface area contributed by atoms with Crippen LogP contribution in [-0.2, 0) is 41.6 Å². The largest absolute Gasteiger partial charge is 0.370 e. The van der Waals surface area contributed by atoms with Crippen LogP contribution < -0.4 is 54.0 Å².